The van der Waals surface area contributed by atoms with E-state index in [0.717, 1.165) is 43.8 Å². The van der Waals surface area contributed by atoms with E-state index in [0.29, 0.717) is 16.6 Å². The zero-order chi connectivity index (χ0) is 22.1. The molecule has 0 fully saturated rings. The lowest BCUT2D eigenvalue weighted by atomic mass is 10.1. The van der Waals surface area contributed by atoms with Gasteiger partial charge in [0.2, 0.25) is 0 Å². The highest BCUT2D eigenvalue weighted by atomic mass is 35.5. The van der Waals surface area contributed by atoms with E-state index in [1.807, 2.05) is 66.7 Å². The van der Waals surface area contributed by atoms with Crippen LogP contribution in [0.2, 0.25) is 5.02 Å². The Kier molecular flexibility index (Phi) is 5.48. The van der Waals surface area contributed by atoms with Crippen molar-refractivity contribution in [3.05, 3.63) is 99.5 Å². The van der Waals surface area contributed by atoms with Crippen molar-refractivity contribution in [1.29, 1.82) is 5.26 Å². The van der Waals surface area contributed by atoms with Gasteiger partial charge in [0.1, 0.15) is 6.07 Å². The van der Waals surface area contributed by atoms with Gasteiger partial charge in [-0.2, -0.15) is 5.26 Å². The molecule has 2 heterocycles. The Morgan fingerprint density at radius 3 is 2.66 bits per heavy atom. The molecule has 3 aromatic carbocycles. The summed E-state index contributed by atoms with van der Waals surface area (Å²) in [6, 6.07) is 26.4. The van der Waals surface area contributed by atoms with Gasteiger partial charge in [-0.05, 0) is 54.6 Å². The molecule has 5 rings (SSSR count). The first-order chi connectivity index (χ1) is 15.6. The minimum absolute atomic E-state index is 0.577. The smallest absolute Gasteiger partial charge is 0.171 e. The molecule has 0 aliphatic rings. The number of hydrogen-bond acceptors (Lipinski definition) is 3. The summed E-state index contributed by atoms with van der Waals surface area (Å²) in [7, 11) is 0. The van der Waals surface area contributed by atoms with E-state index in [4.69, 9.17) is 11.6 Å². The predicted octanol–water partition coefficient (Wildman–Crippen LogP) is 7.18. The third-order valence-electron chi connectivity index (χ3n) is 5.53. The highest BCUT2D eigenvalue weighted by Gasteiger charge is 2.15. The Hall–Kier alpha value is -3.46. The number of thioether (sulfide) groups is 1. The molecule has 6 heteroatoms. The molecule has 0 saturated heterocycles. The number of allylic oxidation sites excluding steroid dienone is 1. The lowest BCUT2D eigenvalue weighted by Gasteiger charge is -2.10. The second kappa shape index (κ2) is 8.58. The van der Waals surface area contributed by atoms with Crippen molar-refractivity contribution in [2.75, 3.05) is 0 Å². The highest BCUT2D eigenvalue weighted by Crippen LogP contribution is 2.33. The highest BCUT2D eigenvalue weighted by molar-refractivity contribution is 8.03. The minimum Gasteiger partial charge on any atom is -0.340 e. The van der Waals surface area contributed by atoms with Crippen LogP contribution in [0, 0.1) is 18.3 Å². The molecule has 5 aromatic rings. The van der Waals surface area contributed by atoms with E-state index < -0.39 is 0 Å². The average Bonchev–Trinajstić information content (AvgIpc) is 3.34. The number of hydrogen-bond donors (Lipinski definition) is 1. The van der Waals surface area contributed by atoms with Gasteiger partial charge in [-0.3, -0.25) is 0 Å². The molecule has 0 atom stereocenters. The summed E-state index contributed by atoms with van der Waals surface area (Å²) in [5, 5.41) is 12.4. The number of para-hydroxylation sites is 3. The summed E-state index contributed by atoms with van der Waals surface area (Å²) in [5.41, 5.74) is 6.14. The second-order valence-corrected chi connectivity index (χ2v) is 8.91. The largest absolute Gasteiger partial charge is 0.340 e. The number of aromatic nitrogens is 3. The van der Waals surface area contributed by atoms with Crippen molar-refractivity contribution >= 4 is 51.4 Å². The fraction of sp³-hybridized carbons (Fsp3) is 0.0769. The number of rotatable bonds is 5. The molecule has 0 unspecified atom stereocenters. The van der Waals surface area contributed by atoms with Gasteiger partial charge in [0.15, 0.2) is 5.16 Å². The molecular formula is C26H19ClN4S. The number of halogens is 1. The van der Waals surface area contributed by atoms with Crippen molar-refractivity contribution in [3.8, 4) is 6.07 Å². The van der Waals surface area contributed by atoms with Crippen molar-refractivity contribution < 1.29 is 0 Å². The van der Waals surface area contributed by atoms with Gasteiger partial charge in [0, 0.05) is 33.7 Å². The predicted molar refractivity (Wildman–Crippen MR) is 133 cm³/mol. The average molecular weight is 455 g/mol. The summed E-state index contributed by atoms with van der Waals surface area (Å²) in [4.78, 5) is 8.45. The van der Waals surface area contributed by atoms with Crippen LogP contribution in [-0.2, 0) is 6.54 Å². The number of fused-ring (bicyclic) bond motifs is 2. The molecule has 4 nitrogen and oxygen atoms in total. The van der Waals surface area contributed by atoms with Crippen molar-refractivity contribution in [3.63, 3.8) is 0 Å². The molecular weight excluding hydrogens is 436 g/mol. The zero-order valence-corrected chi connectivity index (χ0v) is 18.9. The number of nitrogens with one attached hydrogen (secondary N) is 1. The Morgan fingerprint density at radius 1 is 1.09 bits per heavy atom. The Labute approximate surface area is 195 Å². The summed E-state index contributed by atoms with van der Waals surface area (Å²) in [6.07, 6.45) is 1.96. The first-order valence-electron chi connectivity index (χ1n) is 10.2. The molecule has 32 heavy (non-hydrogen) atoms. The molecule has 2 aromatic heterocycles. The van der Waals surface area contributed by atoms with Crippen LogP contribution >= 0.6 is 23.4 Å². The van der Waals surface area contributed by atoms with Crippen LogP contribution in [0.3, 0.4) is 0 Å². The summed E-state index contributed by atoms with van der Waals surface area (Å²) < 4.78 is 2.25. The topological polar surface area (TPSA) is 57.4 Å². The molecule has 0 spiro atoms. The summed E-state index contributed by atoms with van der Waals surface area (Å²) in [5.74, 6) is 0. The SMILES string of the molecule is Cc1c(/C=C(\C#N)Sc2nc3ccccc3[nH]2)c2ccccc2n1Cc1ccccc1Cl. The third kappa shape index (κ3) is 3.80. The van der Waals surface area contributed by atoms with Crippen LogP contribution in [-0.4, -0.2) is 14.5 Å². The molecule has 1 N–H and O–H groups in total. The van der Waals surface area contributed by atoms with Crippen LogP contribution in [0.25, 0.3) is 28.0 Å². The van der Waals surface area contributed by atoms with Crippen molar-refractivity contribution in [2.45, 2.75) is 18.6 Å². The van der Waals surface area contributed by atoms with E-state index in [9.17, 15) is 5.26 Å². The number of imidazole rings is 1. The first-order valence-corrected chi connectivity index (χ1v) is 11.4. The van der Waals surface area contributed by atoms with Crippen molar-refractivity contribution in [1.82, 2.24) is 14.5 Å². The first kappa shape index (κ1) is 20.4. The van der Waals surface area contributed by atoms with Crippen molar-refractivity contribution in [2.24, 2.45) is 0 Å². The molecule has 0 saturated carbocycles. The lowest BCUT2D eigenvalue weighted by molar-refractivity contribution is 0.804. The van der Waals surface area contributed by atoms with Gasteiger partial charge >= 0.3 is 0 Å². The fourth-order valence-electron chi connectivity index (χ4n) is 3.94. The lowest BCUT2D eigenvalue weighted by Crippen LogP contribution is -2.02. The van der Waals surface area contributed by atoms with Crippen LogP contribution in [0.15, 0.2) is 82.9 Å². The molecule has 0 aliphatic heterocycles. The fourth-order valence-corrected chi connectivity index (χ4v) is 4.87. The number of H-pyrrole nitrogens is 1. The van der Waals surface area contributed by atoms with E-state index >= 15 is 0 Å². The maximum Gasteiger partial charge on any atom is 0.171 e. The van der Waals surface area contributed by atoms with Crippen LogP contribution in [0.4, 0.5) is 0 Å². The zero-order valence-electron chi connectivity index (χ0n) is 17.3. The maximum absolute atomic E-state index is 9.86. The van der Waals surface area contributed by atoms with Gasteiger partial charge < -0.3 is 9.55 Å². The van der Waals surface area contributed by atoms with Gasteiger partial charge in [-0.25, -0.2) is 4.98 Å². The number of aromatic amines is 1. The quantitative estimate of drug-likeness (QED) is 0.226. The maximum atomic E-state index is 9.86. The van der Waals surface area contributed by atoms with E-state index in [2.05, 4.69) is 39.7 Å². The van der Waals surface area contributed by atoms with Gasteiger partial charge in [0.25, 0.3) is 0 Å². The number of benzene rings is 3. The van der Waals surface area contributed by atoms with Crippen LogP contribution in [0.5, 0.6) is 0 Å². The molecule has 0 aliphatic carbocycles. The minimum atomic E-state index is 0.577. The molecule has 156 valence electrons. The van der Waals surface area contributed by atoms with Gasteiger partial charge in [-0.1, -0.05) is 60.1 Å². The Balaban J connectivity index is 1.57. The van der Waals surface area contributed by atoms with Gasteiger partial charge in [-0.15, -0.1) is 0 Å². The second-order valence-electron chi connectivity index (χ2n) is 7.48. The molecule has 0 amide bonds. The van der Waals surface area contributed by atoms with Crippen LogP contribution < -0.4 is 0 Å². The van der Waals surface area contributed by atoms with Crippen LogP contribution in [0.1, 0.15) is 16.8 Å². The third-order valence-corrected chi connectivity index (χ3v) is 6.71. The number of nitrogens with zero attached hydrogens (tertiary/aromatic N) is 3. The Morgan fingerprint density at radius 2 is 1.84 bits per heavy atom. The normalized spacial score (nSPS) is 11.8. The molecule has 0 bridgehead atoms. The standard InChI is InChI=1S/C26H19ClN4S/c1-17-21(14-19(15-28)32-26-29-23-11-5-6-12-24(23)30-26)20-9-3-7-13-25(20)31(17)16-18-8-2-4-10-22(18)27/h2-14H,16H2,1H3,(H,29,30)/b19-14+. The summed E-state index contributed by atoms with van der Waals surface area (Å²) in [6.45, 7) is 2.75. The van der Waals surface area contributed by atoms with E-state index in [1.165, 1.54) is 11.8 Å². The van der Waals surface area contributed by atoms with E-state index in [-0.39, 0.29) is 0 Å². The summed E-state index contributed by atoms with van der Waals surface area (Å²) >= 11 is 7.78. The number of nitriles is 1. The van der Waals surface area contributed by atoms with Gasteiger partial charge in [0.05, 0.1) is 15.9 Å². The van der Waals surface area contributed by atoms with E-state index in [1.54, 1.807) is 0 Å². The molecule has 0 radical (unpaired) electrons. The Bertz CT molecular complexity index is 1490. The monoisotopic (exact) mass is 454 g/mol.